The molecule has 146 valence electrons. The van der Waals surface area contributed by atoms with Gasteiger partial charge in [0.05, 0.1) is 18.0 Å². The largest absolute Gasteiger partial charge is 0.489 e. The zero-order valence-corrected chi connectivity index (χ0v) is 16.0. The first kappa shape index (κ1) is 17.9. The molecule has 30 heavy (non-hydrogen) atoms. The second-order valence-electron chi connectivity index (χ2n) is 6.71. The molecule has 0 saturated carbocycles. The van der Waals surface area contributed by atoms with Crippen LogP contribution in [0, 0.1) is 0 Å². The van der Waals surface area contributed by atoms with Gasteiger partial charge in [-0.3, -0.25) is 4.98 Å². The van der Waals surface area contributed by atoms with Crippen LogP contribution in [0.2, 0.25) is 0 Å². The predicted octanol–water partition coefficient (Wildman–Crippen LogP) is 5.61. The third-order valence-electron chi connectivity index (χ3n) is 4.66. The quantitative estimate of drug-likeness (QED) is 0.404. The Morgan fingerprint density at radius 2 is 1.73 bits per heavy atom. The van der Waals surface area contributed by atoms with E-state index in [0.29, 0.717) is 18.2 Å². The fraction of sp³-hybridized carbons (Fsp3) is 0.0417. The first-order chi connectivity index (χ1) is 14.8. The summed E-state index contributed by atoms with van der Waals surface area (Å²) in [6, 6.07) is 23.5. The zero-order chi connectivity index (χ0) is 20.2. The molecule has 0 unspecified atom stereocenters. The number of fused-ring (bicyclic) bond motifs is 1. The van der Waals surface area contributed by atoms with E-state index in [-0.39, 0.29) is 0 Å². The molecule has 0 aliphatic heterocycles. The van der Waals surface area contributed by atoms with Crippen molar-refractivity contribution in [2.24, 2.45) is 0 Å². The first-order valence-corrected chi connectivity index (χ1v) is 9.54. The van der Waals surface area contributed by atoms with E-state index in [9.17, 15) is 0 Å². The minimum atomic E-state index is 0.534. The molecular weight excluding hydrogens is 376 g/mol. The fourth-order valence-corrected chi connectivity index (χ4v) is 3.13. The molecule has 0 radical (unpaired) electrons. The van der Waals surface area contributed by atoms with Gasteiger partial charge in [-0.15, -0.1) is 0 Å². The van der Waals surface area contributed by atoms with Crippen molar-refractivity contribution in [3.05, 3.63) is 97.1 Å². The van der Waals surface area contributed by atoms with Gasteiger partial charge in [-0.1, -0.05) is 30.3 Å². The van der Waals surface area contributed by atoms with Crippen LogP contribution in [0.4, 0.5) is 11.5 Å². The highest BCUT2D eigenvalue weighted by molar-refractivity contribution is 5.92. The number of aromatic nitrogens is 3. The van der Waals surface area contributed by atoms with Gasteiger partial charge >= 0.3 is 0 Å². The third-order valence-corrected chi connectivity index (χ3v) is 4.66. The van der Waals surface area contributed by atoms with Crippen LogP contribution in [0.25, 0.3) is 22.4 Å². The molecule has 6 nitrogen and oxygen atoms in total. The van der Waals surface area contributed by atoms with Crippen molar-refractivity contribution in [3.63, 3.8) is 0 Å². The van der Waals surface area contributed by atoms with Crippen molar-refractivity contribution in [1.82, 2.24) is 15.0 Å². The number of nitrogens with zero attached hydrogens (tertiary/aromatic N) is 3. The van der Waals surface area contributed by atoms with Gasteiger partial charge in [-0.2, -0.15) is 0 Å². The molecular formula is C24H18N4O2. The van der Waals surface area contributed by atoms with Crippen LogP contribution in [-0.4, -0.2) is 15.0 Å². The smallest absolute Gasteiger partial charge is 0.152 e. The monoisotopic (exact) mass is 394 g/mol. The molecule has 0 aliphatic carbocycles. The maximum absolute atomic E-state index is 5.85. The number of benzene rings is 2. The molecule has 5 rings (SSSR count). The summed E-state index contributed by atoms with van der Waals surface area (Å²) < 4.78 is 11.3. The Labute approximate surface area is 173 Å². The van der Waals surface area contributed by atoms with Gasteiger partial charge < -0.3 is 14.5 Å². The molecule has 0 bridgehead atoms. The fourth-order valence-electron chi connectivity index (χ4n) is 3.13. The predicted molar refractivity (Wildman–Crippen MR) is 116 cm³/mol. The van der Waals surface area contributed by atoms with Gasteiger partial charge in [0.1, 0.15) is 30.2 Å². The van der Waals surface area contributed by atoms with E-state index in [1.54, 1.807) is 12.5 Å². The molecule has 0 fully saturated rings. The van der Waals surface area contributed by atoms with Crippen LogP contribution in [0.1, 0.15) is 5.56 Å². The van der Waals surface area contributed by atoms with Crippen LogP contribution >= 0.6 is 0 Å². The lowest BCUT2D eigenvalue weighted by Gasteiger charge is -2.10. The molecule has 3 aromatic heterocycles. The van der Waals surface area contributed by atoms with Crippen molar-refractivity contribution < 1.29 is 9.15 Å². The Bertz CT molecular complexity index is 1250. The van der Waals surface area contributed by atoms with E-state index in [1.807, 2.05) is 72.8 Å². The molecule has 6 heteroatoms. The lowest BCUT2D eigenvalue weighted by atomic mass is 10.2. The van der Waals surface area contributed by atoms with Gasteiger partial charge in [0, 0.05) is 11.1 Å². The summed E-state index contributed by atoms with van der Waals surface area (Å²) in [6.45, 7) is 0.534. The second-order valence-corrected chi connectivity index (χ2v) is 6.71. The van der Waals surface area contributed by atoms with Crippen molar-refractivity contribution in [2.45, 2.75) is 6.61 Å². The average Bonchev–Trinajstić information content (AvgIpc) is 3.34. The number of nitrogens with one attached hydrogen (secondary N) is 1. The second kappa shape index (κ2) is 8.05. The Morgan fingerprint density at radius 1 is 0.867 bits per heavy atom. The highest BCUT2D eigenvalue weighted by atomic mass is 16.5. The van der Waals surface area contributed by atoms with Gasteiger partial charge in [0.2, 0.25) is 0 Å². The number of anilines is 2. The highest BCUT2D eigenvalue weighted by Gasteiger charge is 2.09. The minimum absolute atomic E-state index is 0.534. The molecule has 0 aliphatic rings. The van der Waals surface area contributed by atoms with Crippen LogP contribution in [0.5, 0.6) is 5.75 Å². The van der Waals surface area contributed by atoms with E-state index in [4.69, 9.17) is 9.15 Å². The van der Waals surface area contributed by atoms with E-state index in [0.717, 1.165) is 33.6 Å². The summed E-state index contributed by atoms with van der Waals surface area (Å²) in [7, 11) is 0. The Hall–Kier alpha value is -4.19. The van der Waals surface area contributed by atoms with Crippen molar-refractivity contribution in [3.8, 4) is 17.2 Å². The summed E-state index contributed by atoms with van der Waals surface area (Å²) in [5.41, 5.74) is 3.52. The summed E-state index contributed by atoms with van der Waals surface area (Å²) >= 11 is 0. The van der Waals surface area contributed by atoms with E-state index >= 15 is 0 Å². The van der Waals surface area contributed by atoms with E-state index < -0.39 is 0 Å². The summed E-state index contributed by atoms with van der Waals surface area (Å²) in [5, 5.41) is 4.22. The van der Waals surface area contributed by atoms with Gasteiger partial charge in [0.15, 0.2) is 5.76 Å². The van der Waals surface area contributed by atoms with E-state index in [2.05, 4.69) is 20.3 Å². The van der Waals surface area contributed by atoms with Crippen molar-refractivity contribution in [2.75, 3.05) is 5.32 Å². The highest BCUT2D eigenvalue weighted by Crippen LogP contribution is 2.27. The standard InChI is InChI=1S/C24H18N4O2/c1-2-5-17(6-3-1)15-30-19-10-8-18(9-11-19)28-24-20-13-21(23-7-4-12-29-23)25-14-22(20)26-16-27-24/h1-14,16H,15H2,(H,26,27,28). The number of furan rings is 1. The molecule has 5 aromatic rings. The van der Waals surface area contributed by atoms with Gasteiger partial charge in [0.25, 0.3) is 0 Å². The van der Waals surface area contributed by atoms with Crippen LogP contribution in [-0.2, 0) is 6.61 Å². The Kier molecular flexibility index (Phi) is 4.79. The lowest BCUT2D eigenvalue weighted by molar-refractivity contribution is 0.306. The van der Waals surface area contributed by atoms with Crippen LogP contribution in [0.15, 0.2) is 96.0 Å². The normalized spacial score (nSPS) is 10.8. The number of pyridine rings is 1. The maximum Gasteiger partial charge on any atom is 0.152 e. The molecule has 0 atom stereocenters. The van der Waals surface area contributed by atoms with Crippen molar-refractivity contribution in [1.29, 1.82) is 0 Å². The molecule has 3 heterocycles. The van der Waals surface area contributed by atoms with E-state index in [1.165, 1.54) is 6.33 Å². The van der Waals surface area contributed by atoms with Crippen molar-refractivity contribution >= 4 is 22.4 Å². The Balaban J connectivity index is 1.35. The first-order valence-electron chi connectivity index (χ1n) is 9.54. The van der Waals surface area contributed by atoms with Gasteiger partial charge in [-0.05, 0) is 48.0 Å². The molecule has 1 N–H and O–H groups in total. The number of rotatable bonds is 6. The summed E-state index contributed by atoms with van der Waals surface area (Å²) in [4.78, 5) is 13.1. The van der Waals surface area contributed by atoms with Gasteiger partial charge in [-0.25, -0.2) is 9.97 Å². The topological polar surface area (TPSA) is 73.1 Å². The minimum Gasteiger partial charge on any atom is -0.489 e. The van der Waals surface area contributed by atoms with Crippen LogP contribution in [0.3, 0.4) is 0 Å². The molecule has 0 saturated heterocycles. The molecule has 0 amide bonds. The molecule has 2 aromatic carbocycles. The number of ether oxygens (including phenoxy) is 1. The SMILES string of the molecule is c1ccc(COc2ccc(Nc3ncnc4cnc(-c5ccco5)cc34)cc2)cc1. The molecule has 0 spiro atoms. The lowest BCUT2D eigenvalue weighted by Crippen LogP contribution is -1.98. The summed E-state index contributed by atoms with van der Waals surface area (Å²) in [5.74, 6) is 2.21. The van der Waals surface area contributed by atoms with Crippen LogP contribution < -0.4 is 10.1 Å². The number of hydrogen-bond acceptors (Lipinski definition) is 6. The zero-order valence-electron chi connectivity index (χ0n) is 16.0. The summed E-state index contributed by atoms with van der Waals surface area (Å²) in [6.07, 6.45) is 4.88. The Morgan fingerprint density at radius 3 is 2.53 bits per heavy atom. The third kappa shape index (κ3) is 3.84. The number of hydrogen-bond donors (Lipinski definition) is 1. The maximum atomic E-state index is 5.85. The average molecular weight is 394 g/mol.